The second kappa shape index (κ2) is 4.65. The average Bonchev–Trinajstić information content (AvgIpc) is 1.19. The summed E-state index contributed by atoms with van der Waals surface area (Å²) in [4.78, 5) is 8.69. The van der Waals surface area contributed by atoms with E-state index in [4.69, 9.17) is 27.6 Å². The van der Waals surface area contributed by atoms with Gasteiger partial charge < -0.3 is 9.11 Å². The Morgan fingerprint density at radius 2 is 1.33 bits per heavy atom. The van der Waals surface area contributed by atoms with Crippen LogP contribution in [0.15, 0.2) is 0 Å². The predicted molar refractivity (Wildman–Crippen MR) is 17.5 cm³/mol. The Hall–Kier alpha value is -0.211. The van der Waals surface area contributed by atoms with Crippen molar-refractivity contribution in [2.24, 2.45) is 0 Å². The summed E-state index contributed by atoms with van der Waals surface area (Å²) in [6.45, 7) is 0. The van der Waals surface area contributed by atoms with Crippen molar-refractivity contribution in [3.63, 3.8) is 0 Å². The first-order chi connectivity index (χ1) is 3.73. The summed E-state index contributed by atoms with van der Waals surface area (Å²) < 4.78 is 33.3. The van der Waals surface area contributed by atoms with Gasteiger partial charge in [0, 0.05) is 10.4 Å². The van der Waals surface area contributed by atoms with E-state index in [1.165, 1.54) is 0 Å². The standard InChI is InChI=1S/Fe.NO2.H2O4S/c;2-1-3;1-5(2,3)4/h;;(H2,1,2,3,4)/q+2;;/p-2. The third-order valence-electron chi connectivity index (χ3n) is 0. The van der Waals surface area contributed by atoms with Gasteiger partial charge in [-0.2, -0.15) is 0 Å². The average molecular weight is 198 g/mol. The van der Waals surface area contributed by atoms with E-state index in [2.05, 4.69) is 16.2 Å². The Morgan fingerprint density at radius 1 is 1.33 bits per heavy atom. The molecule has 0 N–H and O–H groups in total. The van der Waals surface area contributed by atoms with Crippen LogP contribution in [0.3, 0.4) is 0 Å². The van der Waals surface area contributed by atoms with Gasteiger partial charge in [0.25, 0.3) is 0 Å². The molecule has 0 spiro atoms. The fourth-order valence-corrected chi connectivity index (χ4v) is 0. The van der Waals surface area contributed by atoms with Crippen LogP contribution in [-0.4, -0.2) is 21.5 Å². The molecule has 0 aromatic carbocycles. The molecule has 7 nitrogen and oxygen atoms in total. The van der Waals surface area contributed by atoms with Crippen LogP contribution in [0.2, 0.25) is 0 Å². The normalized spacial score (nSPS) is 9.11. The van der Waals surface area contributed by atoms with Crippen molar-refractivity contribution in [3.8, 4) is 0 Å². The van der Waals surface area contributed by atoms with E-state index >= 15 is 0 Å². The van der Waals surface area contributed by atoms with Crippen LogP contribution in [0.4, 0.5) is 0 Å². The third kappa shape index (κ3) is 5890. The molecule has 9 heteroatoms. The molecular formula is FeNO6S. The third-order valence-corrected chi connectivity index (χ3v) is 0. The number of hydrogen-bond donors (Lipinski definition) is 0. The Balaban J connectivity index is 0. The first kappa shape index (κ1) is 11.6. The van der Waals surface area contributed by atoms with Gasteiger partial charge in [0.2, 0.25) is 0 Å². The molecule has 0 radical (unpaired) electrons. The molecular weight excluding hydrogens is 198 g/mol. The molecule has 55 valence electrons. The molecule has 0 atom stereocenters. The Morgan fingerprint density at radius 3 is 1.33 bits per heavy atom. The Bertz CT molecular complexity index is 155. The van der Waals surface area contributed by atoms with E-state index in [-0.39, 0.29) is 0 Å². The first-order valence-electron chi connectivity index (χ1n) is 1.19. The van der Waals surface area contributed by atoms with Gasteiger partial charge in [0.15, 0.2) is 0 Å². The molecule has 0 aromatic rings. The van der Waals surface area contributed by atoms with Crippen molar-refractivity contribution in [2.45, 2.75) is 0 Å². The predicted octanol–water partition coefficient (Wildman–Crippen LogP) is -1.61. The van der Waals surface area contributed by atoms with Crippen molar-refractivity contribution in [2.75, 3.05) is 0 Å². The summed E-state index contributed by atoms with van der Waals surface area (Å²) in [5.74, 6) is 0. The minimum absolute atomic E-state index is 0.750. The van der Waals surface area contributed by atoms with Crippen LogP contribution in [0, 0.1) is 10.1 Å². The van der Waals surface area contributed by atoms with Gasteiger partial charge in [-0.15, -0.1) is 0 Å². The molecule has 0 rings (SSSR count). The van der Waals surface area contributed by atoms with Gasteiger partial charge in [0.1, 0.15) is 0 Å². The molecule has 0 unspecified atom stereocenters. The van der Waals surface area contributed by atoms with Crippen LogP contribution in [0.5, 0.6) is 0 Å². The first-order valence-corrected chi connectivity index (χ1v) is 3.02. The van der Waals surface area contributed by atoms with Gasteiger partial charge >= 0.3 is 30.3 Å². The Kier molecular flexibility index (Phi) is 5.97. The maximum atomic E-state index is 8.69. The molecule has 0 aliphatic rings. The molecule has 0 aliphatic heterocycles. The molecule has 0 bridgehead atoms. The topological polar surface area (TPSA) is 123 Å². The maximum absolute atomic E-state index is 8.69. The molecule has 0 saturated carbocycles. The monoisotopic (exact) mass is 198 g/mol. The zero-order chi connectivity index (χ0) is 8.08. The van der Waals surface area contributed by atoms with E-state index in [1.54, 1.807) is 0 Å². The Labute approximate surface area is 58.8 Å². The van der Waals surface area contributed by atoms with Gasteiger partial charge in [-0.05, 0) is 0 Å². The second-order valence-electron chi connectivity index (χ2n) is 0.612. The van der Waals surface area contributed by atoms with E-state index in [0.717, 1.165) is 0 Å². The van der Waals surface area contributed by atoms with Crippen LogP contribution < -0.4 is 0 Å². The van der Waals surface area contributed by atoms with Crippen molar-refractivity contribution < 1.29 is 37.7 Å². The summed E-state index contributed by atoms with van der Waals surface area (Å²) >= 11 is 2.36. The van der Waals surface area contributed by atoms with E-state index in [9.17, 15) is 0 Å². The van der Waals surface area contributed by atoms with Gasteiger partial charge in [-0.25, -0.2) is 0 Å². The van der Waals surface area contributed by atoms with Gasteiger partial charge in [-0.3, -0.25) is 8.42 Å². The molecule has 0 aromatic heterocycles. The summed E-state index contributed by atoms with van der Waals surface area (Å²) in [6.07, 6.45) is 0. The van der Waals surface area contributed by atoms with Gasteiger partial charge in [0.05, 0.1) is 0 Å². The van der Waals surface area contributed by atoms with Crippen LogP contribution in [0.1, 0.15) is 0 Å². The SMILES string of the molecule is O=S(=O)([O-])[O-].O=[N+]([O-])[Fe+2]. The fraction of sp³-hybridized carbons (Fsp3) is 0. The molecule has 9 heavy (non-hydrogen) atoms. The molecule has 0 amide bonds. The molecule has 0 fully saturated rings. The van der Waals surface area contributed by atoms with Crippen molar-refractivity contribution in [3.05, 3.63) is 10.1 Å². The number of hydrogen-bond acceptors (Lipinski definition) is 6. The van der Waals surface area contributed by atoms with E-state index < -0.39 is 14.3 Å². The number of nitrogens with zero attached hydrogens (tertiary/aromatic N) is 1. The van der Waals surface area contributed by atoms with Crippen molar-refractivity contribution in [1.82, 2.24) is 0 Å². The summed E-state index contributed by atoms with van der Waals surface area (Å²) in [7, 11) is -5.17. The molecule has 0 aliphatic carbocycles. The molecule has 0 saturated heterocycles. The summed E-state index contributed by atoms with van der Waals surface area (Å²) in [5.41, 5.74) is 0. The summed E-state index contributed by atoms with van der Waals surface area (Å²) in [6, 6.07) is 0. The minimum atomic E-state index is -5.17. The number of rotatable bonds is 0. The van der Waals surface area contributed by atoms with Crippen LogP contribution in [0.25, 0.3) is 0 Å². The zero-order valence-corrected chi connectivity index (χ0v) is 5.58. The van der Waals surface area contributed by atoms with Crippen LogP contribution >= 0.6 is 0 Å². The second-order valence-corrected chi connectivity index (χ2v) is 1.83. The number of nitro groups is 1. The molecule has 0 heterocycles. The quantitative estimate of drug-likeness (QED) is 0.151. The zero-order valence-electron chi connectivity index (χ0n) is 3.66. The van der Waals surface area contributed by atoms with Crippen molar-refractivity contribution >= 4 is 10.4 Å². The van der Waals surface area contributed by atoms with Crippen LogP contribution in [-0.2, 0) is 26.6 Å². The van der Waals surface area contributed by atoms with E-state index in [0.29, 0.717) is 0 Å². The summed E-state index contributed by atoms with van der Waals surface area (Å²) in [5, 5.41) is 8.69. The fourth-order valence-electron chi connectivity index (χ4n) is 0. The van der Waals surface area contributed by atoms with Crippen molar-refractivity contribution in [1.29, 1.82) is 0 Å². The van der Waals surface area contributed by atoms with Gasteiger partial charge in [-0.1, -0.05) is 0 Å². The van der Waals surface area contributed by atoms with E-state index in [1.807, 2.05) is 0 Å².